The summed E-state index contributed by atoms with van der Waals surface area (Å²) in [5, 5.41) is 5.24. The molecule has 2 N–H and O–H groups in total. The Labute approximate surface area is 224 Å². The van der Waals surface area contributed by atoms with E-state index in [2.05, 4.69) is 24.5 Å². The molecular formula is C29H52N2O6. The SMILES string of the molecule is CCCCCCCCCCOC(=O)[C@@H]1CCC(=O)N1.CCCCCCCCCOC(=O)[C@@H]1CCC(=O)N1. The maximum atomic E-state index is 11.6. The smallest absolute Gasteiger partial charge is 0.328 e. The Morgan fingerprint density at radius 3 is 1.22 bits per heavy atom. The van der Waals surface area contributed by atoms with Gasteiger partial charge in [0.2, 0.25) is 11.8 Å². The van der Waals surface area contributed by atoms with E-state index in [1.807, 2.05) is 0 Å². The number of carbonyl (C=O) groups is 4. The van der Waals surface area contributed by atoms with Crippen LogP contribution in [0.4, 0.5) is 0 Å². The second-order valence-electron chi connectivity index (χ2n) is 10.2. The van der Waals surface area contributed by atoms with Crippen LogP contribution in [0.1, 0.15) is 136 Å². The first-order chi connectivity index (χ1) is 18.0. The lowest BCUT2D eigenvalue weighted by Gasteiger charge is -2.09. The second kappa shape index (κ2) is 21.9. The highest BCUT2D eigenvalue weighted by atomic mass is 16.5. The molecule has 0 aromatic heterocycles. The number of unbranched alkanes of at least 4 members (excludes halogenated alkanes) is 13. The van der Waals surface area contributed by atoms with Crippen molar-refractivity contribution in [1.82, 2.24) is 10.6 Å². The van der Waals surface area contributed by atoms with Gasteiger partial charge in [0.05, 0.1) is 13.2 Å². The largest absolute Gasteiger partial charge is 0.464 e. The van der Waals surface area contributed by atoms with Gasteiger partial charge < -0.3 is 20.1 Å². The molecule has 2 atom stereocenters. The summed E-state index contributed by atoms with van der Waals surface area (Å²) < 4.78 is 10.3. The summed E-state index contributed by atoms with van der Waals surface area (Å²) in [5.74, 6) is -0.637. The molecule has 2 saturated heterocycles. The summed E-state index contributed by atoms with van der Waals surface area (Å²) >= 11 is 0. The van der Waals surface area contributed by atoms with Crippen molar-refractivity contribution in [2.75, 3.05) is 13.2 Å². The van der Waals surface area contributed by atoms with Gasteiger partial charge >= 0.3 is 11.9 Å². The number of carbonyl (C=O) groups excluding carboxylic acids is 4. The van der Waals surface area contributed by atoms with Crippen molar-refractivity contribution < 1.29 is 28.7 Å². The molecule has 2 rings (SSSR count). The van der Waals surface area contributed by atoms with Gasteiger partial charge in [-0.3, -0.25) is 9.59 Å². The van der Waals surface area contributed by atoms with Crippen LogP contribution in [-0.4, -0.2) is 49.1 Å². The molecule has 2 amide bonds. The van der Waals surface area contributed by atoms with Crippen LogP contribution in [0.25, 0.3) is 0 Å². The van der Waals surface area contributed by atoms with E-state index in [1.54, 1.807) is 0 Å². The summed E-state index contributed by atoms with van der Waals surface area (Å²) in [6.07, 6.45) is 20.3. The van der Waals surface area contributed by atoms with E-state index in [-0.39, 0.29) is 23.8 Å². The topological polar surface area (TPSA) is 111 Å². The van der Waals surface area contributed by atoms with E-state index in [1.165, 1.54) is 70.6 Å². The second-order valence-corrected chi connectivity index (χ2v) is 10.2. The summed E-state index contributed by atoms with van der Waals surface area (Å²) in [5.41, 5.74) is 0. The van der Waals surface area contributed by atoms with E-state index in [9.17, 15) is 19.2 Å². The van der Waals surface area contributed by atoms with Gasteiger partial charge in [0.25, 0.3) is 0 Å². The van der Waals surface area contributed by atoms with Crippen molar-refractivity contribution in [3.63, 3.8) is 0 Å². The van der Waals surface area contributed by atoms with Crippen LogP contribution >= 0.6 is 0 Å². The standard InChI is InChI=1S/C15H27NO3.C14H25NO3/c1-2-3-4-5-6-7-8-9-12-19-15(18)13-10-11-14(17)16-13;1-2-3-4-5-6-7-8-11-18-14(17)12-9-10-13(16)15-12/h13H,2-12H2,1H3,(H,16,17);12H,2-11H2,1H3,(H,15,16)/t13-;12-/m00/s1. The van der Waals surface area contributed by atoms with Crippen LogP contribution in [0.3, 0.4) is 0 Å². The Bertz CT molecular complexity index is 654. The third kappa shape index (κ3) is 17.1. The molecule has 214 valence electrons. The maximum absolute atomic E-state index is 11.6. The van der Waals surface area contributed by atoms with E-state index in [0.29, 0.717) is 38.9 Å². The highest BCUT2D eigenvalue weighted by molar-refractivity contribution is 5.88. The van der Waals surface area contributed by atoms with Gasteiger partial charge in [-0.15, -0.1) is 0 Å². The van der Waals surface area contributed by atoms with E-state index in [4.69, 9.17) is 9.47 Å². The molecule has 0 radical (unpaired) electrons. The fourth-order valence-corrected chi connectivity index (χ4v) is 4.42. The lowest BCUT2D eigenvalue weighted by Crippen LogP contribution is -2.34. The highest BCUT2D eigenvalue weighted by Gasteiger charge is 2.29. The van der Waals surface area contributed by atoms with Crippen LogP contribution in [-0.2, 0) is 28.7 Å². The molecule has 0 aromatic rings. The number of ether oxygens (including phenoxy) is 2. The molecule has 0 aromatic carbocycles. The predicted octanol–water partition coefficient (Wildman–Crippen LogP) is 5.51. The van der Waals surface area contributed by atoms with Crippen LogP contribution in [0.15, 0.2) is 0 Å². The van der Waals surface area contributed by atoms with Crippen molar-refractivity contribution in [2.24, 2.45) is 0 Å². The molecule has 0 unspecified atom stereocenters. The first kappa shape index (κ1) is 32.9. The van der Waals surface area contributed by atoms with Gasteiger partial charge in [-0.25, -0.2) is 9.59 Å². The van der Waals surface area contributed by atoms with Crippen LogP contribution in [0.5, 0.6) is 0 Å². The van der Waals surface area contributed by atoms with Gasteiger partial charge in [0.15, 0.2) is 0 Å². The van der Waals surface area contributed by atoms with E-state index in [0.717, 1.165) is 25.7 Å². The molecule has 8 nitrogen and oxygen atoms in total. The number of hydrogen-bond donors (Lipinski definition) is 2. The third-order valence-corrected chi connectivity index (χ3v) is 6.79. The highest BCUT2D eigenvalue weighted by Crippen LogP contribution is 2.11. The first-order valence-corrected chi connectivity index (χ1v) is 14.9. The van der Waals surface area contributed by atoms with Crippen LogP contribution < -0.4 is 10.6 Å². The fraction of sp³-hybridized carbons (Fsp3) is 0.862. The fourth-order valence-electron chi connectivity index (χ4n) is 4.42. The van der Waals surface area contributed by atoms with Crippen molar-refractivity contribution in [1.29, 1.82) is 0 Å². The average molecular weight is 525 g/mol. The molecule has 2 aliphatic heterocycles. The van der Waals surface area contributed by atoms with Gasteiger partial charge in [-0.1, -0.05) is 97.3 Å². The Morgan fingerprint density at radius 1 is 0.595 bits per heavy atom. The molecule has 2 aliphatic rings. The number of amides is 2. The average Bonchev–Trinajstić information content (AvgIpc) is 3.53. The molecule has 8 heteroatoms. The number of rotatable bonds is 19. The van der Waals surface area contributed by atoms with Gasteiger partial charge in [-0.2, -0.15) is 0 Å². The minimum absolute atomic E-state index is 0.0472. The molecule has 0 spiro atoms. The van der Waals surface area contributed by atoms with Crippen molar-refractivity contribution in [2.45, 2.75) is 148 Å². The number of hydrogen-bond acceptors (Lipinski definition) is 6. The lowest BCUT2D eigenvalue weighted by molar-refractivity contribution is -0.147. The Balaban J connectivity index is 0.000000371. The zero-order chi connectivity index (χ0) is 27.1. The summed E-state index contributed by atoms with van der Waals surface area (Å²) in [6, 6.07) is -0.802. The zero-order valence-corrected chi connectivity index (χ0v) is 23.5. The quantitative estimate of drug-likeness (QED) is 0.170. The minimum Gasteiger partial charge on any atom is -0.464 e. The number of nitrogens with one attached hydrogen (secondary N) is 2. The molecule has 0 saturated carbocycles. The Kier molecular flexibility index (Phi) is 19.5. The van der Waals surface area contributed by atoms with Crippen molar-refractivity contribution in [3.05, 3.63) is 0 Å². The molecule has 0 bridgehead atoms. The minimum atomic E-state index is -0.401. The first-order valence-electron chi connectivity index (χ1n) is 14.9. The van der Waals surface area contributed by atoms with Gasteiger partial charge in [-0.05, 0) is 25.7 Å². The Morgan fingerprint density at radius 2 is 0.919 bits per heavy atom. The van der Waals surface area contributed by atoms with Gasteiger partial charge in [0, 0.05) is 12.8 Å². The van der Waals surface area contributed by atoms with Crippen LogP contribution in [0, 0.1) is 0 Å². The Hall–Kier alpha value is -2.12. The molecule has 0 aliphatic carbocycles. The molecule has 2 heterocycles. The molecular weight excluding hydrogens is 472 g/mol. The van der Waals surface area contributed by atoms with Crippen molar-refractivity contribution >= 4 is 23.8 Å². The van der Waals surface area contributed by atoms with E-state index >= 15 is 0 Å². The monoisotopic (exact) mass is 524 g/mol. The van der Waals surface area contributed by atoms with E-state index < -0.39 is 12.1 Å². The van der Waals surface area contributed by atoms with Crippen LogP contribution in [0.2, 0.25) is 0 Å². The maximum Gasteiger partial charge on any atom is 0.328 e. The lowest BCUT2D eigenvalue weighted by atomic mass is 10.1. The predicted molar refractivity (Wildman–Crippen MR) is 145 cm³/mol. The third-order valence-electron chi connectivity index (χ3n) is 6.79. The zero-order valence-electron chi connectivity index (χ0n) is 23.5. The summed E-state index contributed by atoms with van der Waals surface area (Å²) in [6.45, 7) is 5.40. The molecule has 2 fully saturated rings. The normalized spacial score (nSPS) is 18.5. The summed E-state index contributed by atoms with van der Waals surface area (Å²) in [4.78, 5) is 45.0. The number of esters is 2. The molecule has 37 heavy (non-hydrogen) atoms. The van der Waals surface area contributed by atoms with Gasteiger partial charge in [0.1, 0.15) is 12.1 Å². The van der Waals surface area contributed by atoms with Crippen molar-refractivity contribution in [3.8, 4) is 0 Å². The summed E-state index contributed by atoms with van der Waals surface area (Å²) in [7, 11) is 0.